The van der Waals surface area contributed by atoms with Gasteiger partial charge in [-0.15, -0.1) is 0 Å². The van der Waals surface area contributed by atoms with Crippen LogP contribution in [0.2, 0.25) is 0 Å². The lowest BCUT2D eigenvalue weighted by atomic mass is 10.1. The molecule has 0 bridgehead atoms. The first-order valence-electron chi connectivity index (χ1n) is 10.2. The molecule has 0 radical (unpaired) electrons. The highest BCUT2D eigenvalue weighted by molar-refractivity contribution is 5.92. The Hall–Kier alpha value is -2.58. The Balaban J connectivity index is 1.32. The number of morpholine rings is 1. The van der Waals surface area contributed by atoms with Crippen molar-refractivity contribution < 1.29 is 19.0 Å². The fourth-order valence-corrected chi connectivity index (χ4v) is 4.19. The predicted molar refractivity (Wildman–Crippen MR) is 105 cm³/mol. The van der Waals surface area contributed by atoms with Crippen molar-refractivity contribution in [2.45, 2.75) is 33.0 Å². The molecule has 0 N–H and O–H groups in total. The second-order valence-electron chi connectivity index (χ2n) is 7.84. The van der Waals surface area contributed by atoms with Crippen LogP contribution < -0.4 is 9.47 Å². The van der Waals surface area contributed by atoms with Gasteiger partial charge >= 0.3 is 0 Å². The third-order valence-corrected chi connectivity index (χ3v) is 5.84. The lowest BCUT2D eigenvalue weighted by molar-refractivity contribution is 0.0298. The maximum absolute atomic E-state index is 12.8. The van der Waals surface area contributed by atoms with Crippen molar-refractivity contribution in [2.24, 2.45) is 0 Å². The molecular weight excluding hydrogens is 372 g/mol. The van der Waals surface area contributed by atoms with E-state index in [-0.39, 0.29) is 5.91 Å². The zero-order valence-electron chi connectivity index (χ0n) is 16.7. The second kappa shape index (κ2) is 7.68. The standard InChI is InChI=1S/C21H26N4O4/c1-15-9-19-20(29-14-28-19)10-16(15)12-23-3-2-4-25-17(13-23)11-18(22-25)21(26)24-5-7-27-8-6-24/h9-11H,2-8,12-14H2,1H3. The van der Waals surface area contributed by atoms with Gasteiger partial charge in [0.2, 0.25) is 6.79 Å². The Labute approximate surface area is 169 Å². The van der Waals surface area contributed by atoms with Gasteiger partial charge in [0.1, 0.15) is 0 Å². The number of carbonyl (C=O) groups is 1. The third-order valence-electron chi connectivity index (χ3n) is 5.84. The molecule has 4 heterocycles. The molecular formula is C21H26N4O4. The Morgan fingerprint density at radius 1 is 1.07 bits per heavy atom. The Morgan fingerprint density at radius 2 is 1.86 bits per heavy atom. The molecule has 8 heteroatoms. The molecule has 2 aromatic rings. The number of amides is 1. The SMILES string of the molecule is Cc1cc2c(cc1CN1CCCn3nc(C(=O)N4CCOCC4)cc3C1)OCO2. The van der Waals surface area contributed by atoms with Crippen molar-refractivity contribution in [1.82, 2.24) is 19.6 Å². The van der Waals surface area contributed by atoms with Crippen molar-refractivity contribution in [3.63, 3.8) is 0 Å². The smallest absolute Gasteiger partial charge is 0.274 e. The minimum atomic E-state index is 0.00652. The van der Waals surface area contributed by atoms with Crippen LogP contribution in [0.25, 0.3) is 0 Å². The van der Waals surface area contributed by atoms with Gasteiger partial charge in [0.05, 0.1) is 18.9 Å². The predicted octanol–water partition coefficient (Wildman–Crippen LogP) is 1.80. The van der Waals surface area contributed by atoms with E-state index in [2.05, 4.69) is 29.1 Å². The summed E-state index contributed by atoms with van der Waals surface area (Å²) in [6, 6.07) is 6.11. The molecule has 3 aliphatic heterocycles. The summed E-state index contributed by atoms with van der Waals surface area (Å²) in [6.07, 6.45) is 1.00. The number of carbonyl (C=O) groups excluding carboxylic acids is 1. The third kappa shape index (κ3) is 3.70. The number of rotatable bonds is 3. The van der Waals surface area contributed by atoms with E-state index in [0.717, 1.165) is 49.8 Å². The number of hydrogen-bond acceptors (Lipinski definition) is 6. The van der Waals surface area contributed by atoms with Crippen LogP contribution in [0.1, 0.15) is 33.7 Å². The summed E-state index contributed by atoms with van der Waals surface area (Å²) >= 11 is 0. The first-order chi connectivity index (χ1) is 14.2. The fourth-order valence-electron chi connectivity index (χ4n) is 4.19. The van der Waals surface area contributed by atoms with E-state index in [0.29, 0.717) is 38.8 Å². The molecule has 1 saturated heterocycles. The zero-order chi connectivity index (χ0) is 19.8. The first kappa shape index (κ1) is 18.4. The van der Waals surface area contributed by atoms with Crippen LogP contribution in [-0.2, 0) is 24.4 Å². The van der Waals surface area contributed by atoms with E-state index in [1.54, 1.807) is 0 Å². The molecule has 0 saturated carbocycles. The number of benzene rings is 1. The molecule has 1 aromatic carbocycles. The lowest BCUT2D eigenvalue weighted by Crippen LogP contribution is -2.40. The van der Waals surface area contributed by atoms with E-state index in [1.807, 2.05) is 15.6 Å². The second-order valence-corrected chi connectivity index (χ2v) is 7.84. The van der Waals surface area contributed by atoms with Crippen molar-refractivity contribution in [2.75, 3.05) is 39.6 Å². The molecule has 0 atom stereocenters. The van der Waals surface area contributed by atoms with Crippen molar-refractivity contribution >= 4 is 5.91 Å². The summed E-state index contributed by atoms with van der Waals surface area (Å²) in [5, 5.41) is 4.61. The van der Waals surface area contributed by atoms with E-state index in [9.17, 15) is 4.79 Å². The normalized spacial score (nSPS) is 19.1. The summed E-state index contributed by atoms with van der Waals surface area (Å²) in [5.41, 5.74) is 4.09. The average molecular weight is 398 g/mol. The Kier molecular flexibility index (Phi) is 4.89. The van der Waals surface area contributed by atoms with Crippen LogP contribution in [0, 0.1) is 6.92 Å². The molecule has 8 nitrogen and oxygen atoms in total. The molecule has 1 amide bonds. The van der Waals surface area contributed by atoms with Gasteiger partial charge in [-0.05, 0) is 42.7 Å². The molecule has 29 heavy (non-hydrogen) atoms. The highest BCUT2D eigenvalue weighted by Gasteiger charge is 2.25. The minimum absolute atomic E-state index is 0.00652. The van der Waals surface area contributed by atoms with Crippen LogP contribution in [0.4, 0.5) is 0 Å². The molecule has 0 spiro atoms. The average Bonchev–Trinajstić information content (AvgIpc) is 3.30. The van der Waals surface area contributed by atoms with Crippen LogP contribution >= 0.6 is 0 Å². The maximum atomic E-state index is 12.8. The topological polar surface area (TPSA) is 69.1 Å². The molecule has 0 unspecified atom stereocenters. The molecule has 0 aliphatic carbocycles. The van der Waals surface area contributed by atoms with Gasteiger partial charge in [0.25, 0.3) is 5.91 Å². The number of aromatic nitrogens is 2. The quantitative estimate of drug-likeness (QED) is 0.785. The van der Waals surface area contributed by atoms with Gasteiger partial charge in [0.15, 0.2) is 17.2 Å². The van der Waals surface area contributed by atoms with Crippen molar-refractivity contribution in [3.05, 3.63) is 40.7 Å². The van der Waals surface area contributed by atoms with Gasteiger partial charge in [-0.2, -0.15) is 5.10 Å². The van der Waals surface area contributed by atoms with E-state index in [1.165, 1.54) is 11.1 Å². The summed E-state index contributed by atoms with van der Waals surface area (Å²) in [5.74, 6) is 1.65. The molecule has 3 aliphatic rings. The van der Waals surface area contributed by atoms with Gasteiger partial charge < -0.3 is 19.1 Å². The van der Waals surface area contributed by atoms with Gasteiger partial charge in [-0.1, -0.05) is 0 Å². The van der Waals surface area contributed by atoms with Crippen LogP contribution in [-0.4, -0.2) is 65.1 Å². The minimum Gasteiger partial charge on any atom is -0.454 e. The number of hydrogen-bond donors (Lipinski definition) is 0. The number of ether oxygens (including phenoxy) is 3. The summed E-state index contributed by atoms with van der Waals surface area (Å²) in [7, 11) is 0. The van der Waals surface area contributed by atoms with E-state index >= 15 is 0 Å². The van der Waals surface area contributed by atoms with Gasteiger partial charge in [-0.3, -0.25) is 14.4 Å². The number of nitrogens with zero attached hydrogens (tertiary/aromatic N) is 4. The molecule has 1 aromatic heterocycles. The van der Waals surface area contributed by atoms with Crippen LogP contribution in [0.15, 0.2) is 18.2 Å². The molecule has 154 valence electrons. The van der Waals surface area contributed by atoms with Gasteiger partial charge in [-0.25, -0.2) is 0 Å². The lowest BCUT2D eigenvalue weighted by Gasteiger charge is -2.26. The highest BCUT2D eigenvalue weighted by Crippen LogP contribution is 2.35. The summed E-state index contributed by atoms with van der Waals surface area (Å²) in [4.78, 5) is 17.0. The van der Waals surface area contributed by atoms with E-state index < -0.39 is 0 Å². The fraction of sp³-hybridized carbons (Fsp3) is 0.524. The monoisotopic (exact) mass is 398 g/mol. The molecule has 5 rings (SSSR count). The van der Waals surface area contributed by atoms with Crippen LogP contribution in [0.3, 0.4) is 0 Å². The largest absolute Gasteiger partial charge is 0.454 e. The van der Waals surface area contributed by atoms with Crippen molar-refractivity contribution in [3.8, 4) is 11.5 Å². The Morgan fingerprint density at radius 3 is 2.69 bits per heavy atom. The first-order valence-corrected chi connectivity index (χ1v) is 10.2. The number of fused-ring (bicyclic) bond motifs is 2. The van der Waals surface area contributed by atoms with Gasteiger partial charge in [0, 0.05) is 39.3 Å². The summed E-state index contributed by atoms with van der Waals surface area (Å²) < 4.78 is 18.4. The molecule has 1 fully saturated rings. The Bertz CT molecular complexity index is 920. The number of aryl methyl sites for hydroxylation is 2. The van der Waals surface area contributed by atoms with Crippen LogP contribution in [0.5, 0.6) is 11.5 Å². The van der Waals surface area contributed by atoms with E-state index in [4.69, 9.17) is 14.2 Å². The highest BCUT2D eigenvalue weighted by atomic mass is 16.7. The van der Waals surface area contributed by atoms with Crippen molar-refractivity contribution in [1.29, 1.82) is 0 Å². The maximum Gasteiger partial charge on any atom is 0.274 e. The summed E-state index contributed by atoms with van der Waals surface area (Å²) in [6.45, 7) is 8.31. The zero-order valence-corrected chi connectivity index (χ0v) is 16.7.